The van der Waals surface area contributed by atoms with Gasteiger partial charge < -0.3 is 14.2 Å². The summed E-state index contributed by atoms with van der Waals surface area (Å²) in [6.07, 6.45) is 1.71. The Labute approximate surface area is 145 Å². The van der Waals surface area contributed by atoms with E-state index < -0.39 is 0 Å². The van der Waals surface area contributed by atoms with Crippen LogP contribution in [-0.4, -0.2) is 18.1 Å². The molecule has 1 aromatic heterocycles. The minimum absolute atomic E-state index is 0.0971. The van der Waals surface area contributed by atoms with Crippen LogP contribution < -0.4 is 9.47 Å². The number of methoxy groups -OCH3 is 1. The molecule has 0 aliphatic heterocycles. The van der Waals surface area contributed by atoms with Crippen molar-refractivity contribution in [3.8, 4) is 23.1 Å². The Morgan fingerprint density at radius 3 is 2.36 bits per heavy atom. The highest BCUT2D eigenvalue weighted by atomic mass is 16.5. The van der Waals surface area contributed by atoms with E-state index in [2.05, 4.69) is 4.98 Å². The van der Waals surface area contributed by atoms with E-state index >= 15 is 0 Å². The van der Waals surface area contributed by atoms with Crippen LogP contribution in [0.2, 0.25) is 0 Å². The fraction of sp³-hybridized carbons (Fsp3) is 0.100. The lowest BCUT2D eigenvalue weighted by molar-refractivity contribution is -0.139. The van der Waals surface area contributed by atoms with Crippen LogP contribution in [0, 0.1) is 0 Å². The molecule has 0 N–H and O–H groups in total. The van der Waals surface area contributed by atoms with Crippen LogP contribution in [0.3, 0.4) is 0 Å². The van der Waals surface area contributed by atoms with Crippen molar-refractivity contribution in [3.05, 3.63) is 78.5 Å². The number of hydrogen-bond donors (Lipinski definition) is 0. The van der Waals surface area contributed by atoms with E-state index in [0.29, 0.717) is 22.9 Å². The zero-order valence-electron chi connectivity index (χ0n) is 13.7. The standard InChI is InChI=1S/C20H17NO4/c1-23-19(22)13-15-7-6-12-21-20(15)25-18-11-5-10-17(14-18)24-16-8-3-2-4-9-16/h2-12,14H,13H2,1H3. The monoisotopic (exact) mass is 335 g/mol. The number of pyridine rings is 1. The topological polar surface area (TPSA) is 57.7 Å². The number of rotatable bonds is 6. The smallest absolute Gasteiger partial charge is 0.310 e. The molecule has 0 aliphatic carbocycles. The zero-order chi connectivity index (χ0) is 17.5. The molecule has 0 saturated carbocycles. The summed E-state index contributed by atoms with van der Waals surface area (Å²) in [5.41, 5.74) is 0.656. The molecule has 0 saturated heterocycles. The summed E-state index contributed by atoms with van der Waals surface area (Å²) in [7, 11) is 1.35. The molecule has 5 heteroatoms. The SMILES string of the molecule is COC(=O)Cc1cccnc1Oc1cccc(Oc2ccccc2)c1. The van der Waals surface area contributed by atoms with Gasteiger partial charge in [0.2, 0.25) is 5.88 Å². The van der Waals surface area contributed by atoms with Gasteiger partial charge in [-0.2, -0.15) is 0 Å². The van der Waals surface area contributed by atoms with E-state index in [4.69, 9.17) is 14.2 Å². The van der Waals surface area contributed by atoms with Crippen molar-refractivity contribution >= 4 is 5.97 Å². The van der Waals surface area contributed by atoms with E-state index in [-0.39, 0.29) is 12.4 Å². The largest absolute Gasteiger partial charge is 0.469 e. The molecule has 126 valence electrons. The third-order valence-corrected chi connectivity index (χ3v) is 3.41. The second-order valence-electron chi connectivity index (χ2n) is 5.21. The van der Waals surface area contributed by atoms with Crippen molar-refractivity contribution in [2.45, 2.75) is 6.42 Å². The fourth-order valence-corrected chi connectivity index (χ4v) is 2.22. The average molecular weight is 335 g/mol. The van der Waals surface area contributed by atoms with Crippen molar-refractivity contribution in [3.63, 3.8) is 0 Å². The predicted octanol–water partition coefficient (Wildman–Crippen LogP) is 4.38. The Morgan fingerprint density at radius 1 is 0.880 bits per heavy atom. The minimum atomic E-state index is -0.348. The Morgan fingerprint density at radius 2 is 1.60 bits per heavy atom. The molecular weight excluding hydrogens is 318 g/mol. The Kier molecular flexibility index (Phi) is 5.26. The second kappa shape index (κ2) is 7.97. The van der Waals surface area contributed by atoms with Crippen molar-refractivity contribution in [2.75, 3.05) is 7.11 Å². The first-order valence-electron chi connectivity index (χ1n) is 7.76. The maximum absolute atomic E-state index is 11.5. The molecule has 1 heterocycles. The first-order valence-corrected chi connectivity index (χ1v) is 7.76. The number of carbonyl (C=O) groups excluding carboxylic acids is 1. The number of ether oxygens (including phenoxy) is 3. The van der Waals surface area contributed by atoms with Gasteiger partial charge in [0.1, 0.15) is 17.2 Å². The van der Waals surface area contributed by atoms with Gasteiger partial charge >= 0.3 is 5.97 Å². The minimum Gasteiger partial charge on any atom is -0.469 e. The molecule has 0 amide bonds. The van der Waals surface area contributed by atoms with Gasteiger partial charge in [0, 0.05) is 17.8 Å². The summed E-state index contributed by atoms with van der Waals surface area (Å²) < 4.78 is 16.3. The van der Waals surface area contributed by atoms with Crippen LogP contribution >= 0.6 is 0 Å². The number of hydrogen-bond acceptors (Lipinski definition) is 5. The van der Waals surface area contributed by atoms with Crippen molar-refractivity contribution in [1.29, 1.82) is 0 Å². The highest BCUT2D eigenvalue weighted by Crippen LogP contribution is 2.29. The lowest BCUT2D eigenvalue weighted by atomic mass is 10.2. The summed E-state index contributed by atoms with van der Waals surface area (Å²) in [6, 6.07) is 20.3. The van der Waals surface area contributed by atoms with Gasteiger partial charge in [-0.1, -0.05) is 30.3 Å². The Hall–Kier alpha value is -3.34. The van der Waals surface area contributed by atoms with Crippen molar-refractivity contribution in [1.82, 2.24) is 4.98 Å². The summed E-state index contributed by atoms with van der Waals surface area (Å²) in [6.45, 7) is 0. The zero-order valence-corrected chi connectivity index (χ0v) is 13.7. The molecule has 0 fully saturated rings. The van der Waals surface area contributed by atoms with Gasteiger partial charge in [-0.15, -0.1) is 0 Å². The highest BCUT2D eigenvalue weighted by molar-refractivity contribution is 5.73. The lowest BCUT2D eigenvalue weighted by Crippen LogP contribution is -2.06. The van der Waals surface area contributed by atoms with Crippen molar-refractivity contribution < 1.29 is 19.0 Å². The summed E-state index contributed by atoms with van der Waals surface area (Å²) >= 11 is 0. The maximum atomic E-state index is 11.5. The van der Waals surface area contributed by atoms with Gasteiger partial charge in [-0.05, 0) is 30.3 Å². The maximum Gasteiger partial charge on any atom is 0.310 e. The number of aromatic nitrogens is 1. The molecule has 3 rings (SSSR count). The third kappa shape index (κ3) is 4.57. The van der Waals surface area contributed by atoms with E-state index in [0.717, 1.165) is 5.75 Å². The van der Waals surface area contributed by atoms with Gasteiger partial charge in [-0.3, -0.25) is 4.79 Å². The molecule has 0 bridgehead atoms. The molecule has 0 spiro atoms. The van der Waals surface area contributed by atoms with E-state index in [1.54, 1.807) is 30.5 Å². The molecule has 25 heavy (non-hydrogen) atoms. The highest BCUT2D eigenvalue weighted by Gasteiger charge is 2.11. The second-order valence-corrected chi connectivity index (χ2v) is 5.21. The number of carbonyl (C=O) groups is 1. The third-order valence-electron chi connectivity index (χ3n) is 3.41. The van der Waals surface area contributed by atoms with Crippen LogP contribution in [0.15, 0.2) is 72.9 Å². The Balaban J connectivity index is 1.77. The molecule has 0 unspecified atom stereocenters. The molecule has 5 nitrogen and oxygen atoms in total. The lowest BCUT2D eigenvalue weighted by Gasteiger charge is -2.11. The summed E-state index contributed by atoms with van der Waals surface area (Å²) in [5.74, 6) is 1.97. The predicted molar refractivity (Wildman–Crippen MR) is 93.0 cm³/mol. The van der Waals surface area contributed by atoms with Gasteiger partial charge in [0.15, 0.2) is 0 Å². The Bertz CT molecular complexity index is 849. The molecule has 0 radical (unpaired) electrons. The summed E-state index contributed by atoms with van der Waals surface area (Å²) in [5, 5.41) is 0. The van der Waals surface area contributed by atoms with Gasteiger partial charge in [0.05, 0.1) is 13.5 Å². The van der Waals surface area contributed by atoms with Crippen LogP contribution in [0.4, 0.5) is 0 Å². The molecule has 0 aliphatic rings. The fourth-order valence-electron chi connectivity index (χ4n) is 2.22. The average Bonchev–Trinajstić information content (AvgIpc) is 2.64. The van der Waals surface area contributed by atoms with Crippen LogP contribution in [-0.2, 0) is 16.0 Å². The van der Waals surface area contributed by atoms with Gasteiger partial charge in [-0.25, -0.2) is 4.98 Å². The van der Waals surface area contributed by atoms with Crippen LogP contribution in [0.25, 0.3) is 0 Å². The van der Waals surface area contributed by atoms with Crippen molar-refractivity contribution in [2.24, 2.45) is 0 Å². The normalized spacial score (nSPS) is 10.1. The van der Waals surface area contributed by atoms with Crippen LogP contribution in [0.5, 0.6) is 23.1 Å². The molecule has 0 atom stereocenters. The van der Waals surface area contributed by atoms with E-state index in [1.165, 1.54) is 7.11 Å². The first-order chi connectivity index (χ1) is 12.2. The van der Waals surface area contributed by atoms with Gasteiger partial charge in [0.25, 0.3) is 0 Å². The summed E-state index contributed by atoms with van der Waals surface area (Å²) in [4.78, 5) is 15.7. The number of nitrogens with zero attached hydrogens (tertiary/aromatic N) is 1. The molecule has 2 aromatic carbocycles. The van der Waals surface area contributed by atoms with E-state index in [1.807, 2.05) is 42.5 Å². The quantitative estimate of drug-likeness (QED) is 0.626. The van der Waals surface area contributed by atoms with E-state index in [9.17, 15) is 4.79 Å². The van der Waals surface area contributed by atoms with Crippen LogP contribution in [0.1, 0.15) is 5.56 Å². The number of benzene rings is 2. The first kappa shape index (κ1) is 16.5. The number of esters is 1. The number of para-hydroxylation sites is 1. The molecule has 3 aromatic rings. The molecular formula is C20H17NO4.